The van der Waals surface area contributed by atoms with Crippen LogP contribution in [0.15, 0.2) is 18.3 Å². The van der Waals surface area contributed by atoms with Gasteiger partial charge in [-0.1, -0.05) is 0 Å². The lowest BCUT2D eigenvalue weighted by Crippen LogP contribution is -2.35. The minimum absolute atomic E-state index is 0.0349. The van der Waals surface area contributed by atoms with Crippen molar-refractivity contribution in [2.45, 2.75) is 32.9 Å². The predicted octanol–water partition coefficient (Wildman–Crippen LogP) is 1.67. The van der Waals surface area contributed by atoms with Crippen LogP contribution in [-0.2, 0) is 6.54 Å². The standard InChI is InChI=1S/C11H16N2O2/c1-11(2,3)13-7-9-5-4-8(6-12-9)10(14)15/h4-6,13H,7H2,1-3H3,(H,14,15). The summed E-state index contributed by atoms with van der Waals surface area (Å²) in [6.45, 7) is 6.85. The molecule has 0 radical (unpaired) electrons. The van der Waals surface area contributed by atoms with Crippen molar-refractivity contribution in [3.8, 4) is 0 Å². The maximum Gasteiger partial charge on any atom is 0.337 e. The van der Waals surface area contributed by atoms with Crippen molar-refractivity contribution in [1.29, 1.82) is 0 Å². The van der Waals surface area contributed by atoms with E-state index in [9.17, 15) is 4.79 Å². The van der Waals surface area contributed by atoms with Crippen LogP contribution in [0.4, 0.5) is 0 Å². The van der Waals surface area contributed by atoms with Gasteiger partial charge in [0.2, 0.25) is 0 Å². The van der Waals surface area contributed by atoms with Crippen molar-refractivity contribution in [3.63, 3.8) is 0 Å². The molecule has 0 aromatic carbocycles. The van der Waals surface area contributed by atoms with Gasteiger partial charge in [-0.25, -0.2) is 4.79 Å². The molecule has 0 fully saturated rings. The molecule has 0 atom stereocenters. The second-order valence-electron chi connectivity index (χ2n) is 4.45. The molecule has 82 valence electrons. The molecule has 1 rings (SSSR count). The van der Waals surface area contributed by atoms with Gasteiger partial charge in [-0.2, -0.15) is 0 Å². The summed E-state index contributed by atoms with van der Waals surface area (Å²) < 4.78 is 0. The predicted molar refractivity (Wildman–Crippen MR) is 57.8 cm³/mol. The van der Waals surface area contributed by atoms with Crippen molar-refractivity contribution in [1.82, 2.24) is 10.3 Å². The van der Waals surface area contributed by atoms with Crippen molar-refractivity contribution in [2.24, 2.45) is 0 Å². The van der Waals surface area contributed by atoms with Crippen LogP contribution in [0.5, 0.6) is 0 Å². The first-order chi connectivity index (χ1) is 6.88. The fourth-order valence-corrected chi connectivity index (χ4v) is 1.01. The van der Waals surface area contributed by atoms with Crippen molar-refractivity contribution in [3.05, 3.63) is 29.6 Å². The third-order valence-electron chi connectivity index (χ3n) is 1.87. The summed E-state index contributed by atoms with van der Waals surface area (Å²) in [5.74, 6) is -0.946. The number of rotatable bonds is 3. The molecule has 4 heteroatoms. The average Bonchev–Trinajstić information content (AvgIpc) is 2.14. The fourth-order valence-electron chi connectivity index (χ4n) is 1.01. The molecule has 0 aliphatic carbocycles. The zero-order chi connectivity index (χ0) is 11.5. The second kappa shape index (κ2) is 4.40. The Balaban J connectivity index is 2.61. The summed E-state index contributed by atoms with van der Waals surface area (Å²) in [6, 6.07) is 3.29. The first-order valence-corrected chi connectivity index (χ1v) is 4.82. The highest BCUT2D eigenvalue weighted by atomic mass is 16.4. The molecular formula is C11H16N2O2. The van der Waals surface area contributed by atoms with E-state index in [0.717, 1.165) is 5.69 Å². The number of carboxylic acids is 1. The van der Waals surface area contributed by atoms with Crippen molar-refractivity contribution < 1.29 is 9.90 Å². The number of pyridine rings is 1. The Morgan fingerprint density at radius 3 is 2.53 bits per heavy atom. The van der Waals surface area contributed by atoms with Crippen molar-refractivity contribution in [2.75, 3.05) is 0 Å². The molecule has 0 aliphatic heterocycles. The monoisotopic (exact) mass is 208 g/mol. The lowest BCUT2D eigenvalue weighted by molar-refractivity contribution is 0.0696. The van der Waals surface area contributed by atoms with E-state index in [1.807, 2.05) is 0 Å². The molecule has 0 bridgehead atoms. The molecule has 0 amide bonds. The topological polar surface area (TPSA) is 62.2 Å². The van der Waals surface area contributed by atoms with Crippen molar-refractivity contribution >= 4 is 5.97 Å². The second-order valence-corrected chi connectivity index (χ2v) is 4.45. The molecule has 4 nitrogen and oxygen atoms in total. The van der Waals surface area contributed by atoms with E-state index in [0.29, 0.717) is 6.54 Å². The van der Waals surface area contributed by atoms with Crippen LogP contribution in [0.25, 0.3) is 0 Å². The lowest BCUT2D eigenvalue weighted by atomic mass is 10.1. The first-order valence-electron chi connectivity index (χ1n) is 4.82. The molecule has 0 saturated carbocycles. The van der Waals surface area contributed by atoms with Gasteiger partial charge in [0, 0.05) is 18.3 Å². The lowest BCUT2D eigenvalue weighted by Gasteiger charge is -2.20. The van der Waals surface area contributed by atoms with Gasteiger partial charge >= 0.3 is 5.97 Å². The number of hydrogen-bond donors (Lipinski definition) is 2. The zero-order valence-corrected chi connectivity index (χ0v) is 9.24. The van der Waals surface area contributed by atoms with E-state index >= 15 is 0 Å². The highest BCUT2D eigenvalue weighted by molar-refractivity contribution is 5.87. The number of nitrogens with one attached hydrogen (secondary N) is 1. The van der Waals surface area contributed by atoms with E-state index in [4.69, 9.17) is 5.11 Å². The third-order valence-corrected chi connectivity index (χ3v) is 1.87. The van der Waals surface area contributed by atoms with Gasteiger partial charge in [0.25, 0.3) is 0 Å². The van der Waals surface area contributed by atoms with Gasteiger partial charge in [-0.05, 0) is 32.9 Å². The summed E-state index contributed by atoms with van der Waals surface area (Å²) in [5.41, 5.74) is 1.09. The molecule has 1 heterocycles. The summed E-state index contributed by atoms with van der Waals surface area (Å²) in [7, 11) is 0. The highest BCUT2D eigenvalue weighted by Gasteiger charge is 2.09. The summed E-state index contributed by atoms with van der Waals surface area (Å²) in [6.07, 6.45) is 1.38. The van der Waals surface area contributed by atoms with Gasteiger partial charge in [-0.3, -0.25) is 4.98 Å². The molecule has 0 aliphatic rings. The fraction of sp³-hybridized carbons (Fsp3) is 0.455. The SMILES string of the molecule is CC(C)(C)NCc1ccc(C(=O)O)cn1. The largest absolute Gasteiger partial charge is 0.478 e. The number of aromatic nitrogens is 1. The van der Waals surface area contributed by atoms with Crippen LogP contribution >= 0.6 is 0 Å². The summed E-state index contributed by atoms with van der Waals surface area (Å²) in [4.78, 5) is 14.6. The molecule has 1 aromatic rings. The van der Waals surface area contributed by atoms with E-state index < -0.39 is 5.97 Å². The Labute approximate surface area is 89.3 Å². The van der Waals surface area contributed by atoms with Crippen LogP contribution in [0, 0.1) is 0 Å². The number of carboxylic acid groups (broad SMARTS) is 1. The van der Waals surface area contributed by atoms with E-state index in [2.05, 4.69) is 31.1 Å². The van der Waals surface area contributed by atoms with Crippen LogP contribution in [0.1, 0.15) is 36.8 Å². The van der Waals surface area contributed by atoms with Gasteiger partial charge in [0.15, 0.2) is 0 Å². The van der Waals surface area contributed by atoms with Crippen LogP contribution in [-0.4, -0.2) is 21.6 Å². The van der Waals surface area contributed by atoms with Gasteiger partial charge in [0.1, 0.15) is 0 Å². The molecule has 0 saturated heterocycles. The van der Waals surface area contributed by atoms with Crippen LogP contribution in [0.3, 0.4) is 0 Å². The maximum absolute atomic E-state index is 10.6. The molecule has 2 N–H and O–H groups in total. The number of nitrogens with zero attached hydrogens (tertiary/aromatic N) is 1. The zero-order valence-electron chi connectivity index (χ0n) is 9.24. The van der Waals surface area contributed by atoms with E-state index in [1.54, 1.807) is 12.1 Å². The molecule has 15 heavy (non-hydrogen) atoms. The molecule has 0 unspecified atom stereocenters. The molecular weight excluding hydrogens is 192 g/mol. The Bertz CT molecular complexity index is 339. The quantitative estimate of drug-likeness (QED) is 0.793. The smallest absolute Gasteiger partial charge is 0.337 e. The van der Waals surface area contributed by atoms with Crippen LogP contribution < -0.4 is 5.32 Å². The Hall–Kier alpha value is -1.42. The van der Waals surface area contributed by atoms with Gasteiger partial charge in [0.05, 0.1) is 11.3 Å². The first kappa shape index (κ1) is 11.7. The Morgan fingerprint density at radius 1 is 1.47 bits per heavy atom. The van der Waals surface area contributed by atoms with E-state index in [1.165, 1.54) is 6.20 Å². The highest BCUT2D eigenvalue weighted by Crippen LogP contribution is 2.03. The molecule has 0 spiro atoms. The summed E-state index contributed by atoms with van der Waals surface area (Å²) >= 11 is 0. The van der Waals surface area contributed by atoms with Crippen LogP contribution in [0.2, 0.25) is 0 Å². The number of aromatic carboxylic acids is 1. The third kappa shape index (κ3) is 4.08. The Kier molecular flexibility index (Phi) is 3.42. The minimum atomic E-state index is -0.946. The summed E-state index contributed by atoms with van der Waals surface area (Å²) in [5, 5.41) is 12.0. The minimum Gasteiger partial charge on any atom is -0.478 e. The number of carbonyl (C=O) groups is 1. The maximum atomic E-state index is 10.6. The van der Waals surface area contributed by atoms with Gasteiger partial charge in [-0.15, -0.1) is 0 Å². The molecule has 1 aromatic heterocycles. The Morgan fingerprint density at radius 2 is 2.13 bits per heavy atom. The van der Waals surface area contributed by atoms with E-state index in [-0.39, 0.29) is 11.1 Å². The van der Waals surface area contributed by atoms with Gasteiger partial charge < -0.3 is 10.4 Å². The normalized spacial score (nSPS) is 11.4. The average molecular weight is 208 g/mol. The number of hydrogen-bond acceptors (Lipinski definition) is 3.